The standard InChI is InChI=1S/C15H20FN3O.ClH/c16-13-2-1-3-14(6-13)18-15(20)10-19-5-4-11-7-17-8-12(11)9-19;/h1-3,6,11-12,17H,4-5,7-10H2,(H,18,20);1H. The first-order valence-electron chi connectivity index (χ1n) is 7.19. The molecule has 0 radical (unpaired) electrons. The molecule has 2 saturated heterocycles. The Labute approximate surface area is 130 Å². The highest BCUT2D eigenvalue weighted by Gasteiger charge is 2.33. The fraction of sp³-hybridized carbons (Fsp3) is 0.533. The highest BCUT2D eigenvalue weighted by atomic mass is 35.5. The fourth-order valence-corrected chi connectivity index (χ4v) is 3.22. The average Bonchev–Trinajstić information content (AvgIpc) is 2.86. The number of anilines is 1. The predicted molar refractivity (Wildman–Crippen MR) is 83.2 cm³/mol. The molecule has 0 saturated carbocycles. The number of nitrogens with one attached hydrogen (secondary N) is 2. The van der Waals surface area contributed by atoms with E-state index in [1.54, 1.807) is 12.1 Å². The quantitative estimate of drug-likeness (QED) is 0.893. The first-order chi connectivity index (χ1) is 9.70. The summed E-state index contributed by atoms with van der Waals surface area (Å²) in [4.78, 5) is 14.2. The highest BCUT2D eigenvalue weighted by Crippen LogP contribution is 2.26. The number of hydrogen-bond donors (Lipinski definition) is 2. The van der Waals surface area contributed by atoms with Gasteiger partial charge < -0.3 is 10.6 Å². The van der Waals surface area contributed by atoms with Gasteiger partial charge in [0.25, 0.3) is 0 Å². The number of hydrogen-bond acceptors (Lipinski definition) is 3. The molecule has 2 aliphatic heterocycles. The largest absolute Gasteiger partial charge is 0.325 e. The van der Waals surface area contributed by atoms with Crippen molar-refractivity contribution in [2.24, 2.45) is 11.8 Å². The molecule has 0 aromatic heterocycles. The van der Waals surface area contributed by atoms with Gasteiger partial charge in [-0.2, -0.15) is 0 Å². The van der Waals surface area contributed by atoms with Gasteiger partial charge in [0.05, 0.1) is 6.54 Å². The van der Waals surface area contributed by atoms with E-state index in [2.05, 4.69) is 15.5 Å². The third-order valence-corrected chi connectivity index (χ3v) is 4.26. The van der Waals surface area contributed by atoms with Crippen molar-refractivity contribution in [3.05, 3.63) is 30.1 Å². The molecule has 4 nitrogen and oxygen atoms in total. The third kappa shape index (κ3) is 4.15. The number of piperidine rings is 1. The van der Waals surface area contributed by atoms with E-state index in [1.807, 2.05) is 0 Å². The Hall–Kier alpha value is -1.17. The van der Waals surface area contributed by atoms with E-state index >= 15 is 0 Å². The van der Waals surface area contributed by atoms with Crippen LogP contribution in [-0.2, 0) is 4.79 Å². The first-order valence-corrected chi connectivity index (χ1v) is 7.19. The van der Waals surface area contributed by atoms with Crippen molar-refractivity contribution in [3.8, 4) is 0 Å². The lowest BCUT2D eigenvalue weighted by atomic mass is 9.89. The second-order valence-corrected chi connectivity index (χ2v) is 5.76. The summed E-state index contributed by atoms with van der Waals surface area (Å²) in [6.45, 7) is 4.52. The minimum absolute atomic E-state index is 0. The van der Waals surface area contributed by atoms with Gasteiger partial charge >= 0.3 is 0 Å². The highest BCUT2D eigenvalue weighted by molar-refractivity contribution is 5.92. The molecule has 0 aliphatic carbocycles. The monoisotopic (exact) mass is 313 g/mol. The second kappa shape index (κ2) is 7.20. The van der Waals surface area contributed by atoms with Crippen LogP contribution in [0.25, 0.3) is 0 Å². The number of carbonyl (C=O) groups is 1. The number of fused-ring (bicyclic) bond motifs is 1. The minimum atomic E-state index is -0.333. The predicted octanol–water partition coefficient (Wildman–Crippen LogP) is 1.73. The van der Waals surface area contributed by atoms with Crippen LogP contribution in [0, 0.1) is 17.7 Å². The summed E-state index contributed by atoms with van der Waals surface area (Å²) in [5.41, 5.74) is 0.521. The fourth-order valence-electron chi connectivity index (χ4n) is 3.22. The van der Waals surface area contributed by atoms with Crippen LogP contribution in [-0.4, -0.2) is 43.5 Å². The molecule has 116 valence electrons. The lowest BCUT2D eigenvalue weighted by Crippen LogP contribution is -2.43. The van der Waals surface area contributed by atoms with Crippen molar-refractivity contribution >= 4 is 24.0 Å². The van der Waals surface area contributed by atoms with Crippen molar-refractivity contribution in [3.63, 3.8) is 0 Å². The Morgan fingerprint density at radius 3 is 3.00 bits per heavy atom. The first kappa shape index (κ1) is 16.2. The van der Waals surface area contributed by atoms with Crippen molar-refractivity contribution in [1.29, 1.82) is 0 Å². The molecule has 1 aromatic carbocycles. The summed E-state index contributed by atoms with van der Waals surface area (Å²) < 4.78 is 13.1. The van der Waals surface area contributed by atoms with E-state index in [0.29, 0.717) is 18.2 Å². The molecule has 1 amide bonds. The molecule has 2 heterocycles. The molecule has 2 unspecified atom stereocenters. The zero-order valence-electron chi connectivity index (χ0n) is 11.8. The van der Waals surface area contributed by atoms with Crippen LogP contribution >= 0.6 is 12.4 Å². The van der Waals surface area contributed by atoms with Gasteiger partial charge in [-0.05, 0) is 56.1 Å². The van der Waals surface area contributed by atoms with E-state index in [0.717, 1.165) is 38.5 Å². The smallest absolute Gasteiger partial charge is 0.238 e. The zero-order valence-corrected chi connectivity index (χ0v) is 12.7. The molecule has 0 spiro atoms. The van der Waals surface area contributed by atoms with Crippen molar-refractivity contribution in [1.82, 2.24) is 10.2 Å². The van der Waals surface area contributed by atoms with Crippen LogP contribution in [0.5, 0.6) is 0 Å². The molecule has 1 aromatic rings. The van der Waals surface area contributed by atoms with Gasteiger partial charge in [0.1, 0.15) is 5.82 Å². The Morgan fingerprint density at radius 1 is 1.38 bits per heavy atom. The number of halogens is 2. The van der Waals surface area contributed by atoms with Gasteiger partial charge in [0.2, 0.25) is 5.91 Å². The number of rotatable bonds is 3. The summed E-state index contributed by atoms with van der Waals surface area (Å²) in [6.07, 6.45) is 1.16. The van der Waals surface area contributed by atoms with E-state index in [-0.39, 0.29) is 24.1 Å². The molecule has 6 heteroatoms. The zero-order chi connectivity index (χ0) is 13.9. The van der Waals surface area contributed by atoms with Gasteiger partial charge in [-0.25, -0.2) is 4.39 Å². The number of nitrogens with zero attached hydrogens (tertiary/aromatic N) is 1. The van der Waals surface area contributed by atoms with Gasteiger partial charge in [-0.3, -0.25) is 9.69 Å². The molecule has 21 heavy (non-hydrogen) atoms. The topological polar surface area (TPSA) is 44.4 Å². The van der Waals surface area contributed by atoms with E-state index < -0.39 is 0 Å². The van der Waals surface area contributed by atoms with Crippen LogP contribution in [0.3, 0.4) is 0 Å². The lowest BCUT2D eigenvalue weighted by Gasteiger charge is -2.33. The van der Waals surface area contributed by atoms with Crippen LogP contribution in [0.4, 0.5) is 10.1 Å². The third-order valence-electron chi connectivity index (χ3n) is 4.26. The summed E-state index contributed by atoms with van der Waals surface area (Å²) >= 11 is 0. The maximum atomic E-state index is 13.1. The van der Waals surface area contributed by atoms with Gasteiger partial charge in [-0.15, -0.1) is 12.4 Å². The second-order valence-electron chi connectivity index (χ2n) is 5.76. The van der Waals surface area contributed by atoms with Crippen LogP contribution in [0.15, 0.2) is 24.3 Å². The van der Waals surface area contributed by atoms with Crippen LogP contribution in [0.1, 0.15) is 6.42 Å². The van der Waals surface area contributed by atoms with Gasteiger partial charge in [0.15, 0.2) is 0 Å². The Morgan fingerprint density at radius 2 is 2.19 bits per heavy atom. The lowest BCUT2D eigenvalue weighted by molar-refractivity contribution is -0.117. The van der Waals surface area contributed by atoms with Crippen molar-refractivity contribution in [2.75, 3.05) is 38.0 Å². The number of benzene rings is 1. The van der Waals surface area contributed by atoms with Gasteiger partial charge in [-0.1, -0.05) is 6.07 Å². The molecular weight excluding hydrogens is 293 g/mol. The maximum absolute atomic E-state index is 13.1. The van der Waals surface area contributed by atoms with Gasteiger partial charge in [0, 0.05) is 12.2 Å². The van der Waals surface area contributed by atoms with Crippen LogP contribution in [0.2, 0.25) is 0 Å². The average molecular weight is 314 g/mol. The normalized spacial score (nSPS) is 25.0. The molecule has 2 aliphatic rings. The van der Waals surface area contributed by atoms with E-state index in [1.165, 1.54) is 12.1 Å². The van der Waals surface area contributed by atoms with E-state index in [4.69, 9.17) is 0 Å². The number of likely N-dealkylation sites (tertiary alicyclic amines) is 1. The molecule has 0 bridgehead atoms. The molecular formula is C15H21ClFN3O. The summed E-state index contributed by atoms with van der Waals surface area (Å²) in [7, 11) is 0. The molecule has 2 atom stereocenters. The molecule has 2 fully saturated rings. The summed E-state index contributed by atoms with van der Waals surface area (Å²) in [5.74, 6) is 1.05. The van der Waals surface area contributed by atoms with Crippen molar-refractivity contribution in [2.45, 2.75) is 6.42 Å². The van der Waals surface area contributed by atoms with E-state index in [9.17, 15) is 9.18 Å². The minimum Gasteiger partial charge on any atom is -0.325 e. The van der Waals surface area contributed by atoms with Crippen molar-refractivity contribution < 1.29 is 9.18 Å². The summed E-state index contributed by atoms with van der Waals surface area (Å²) in [5, 5.41) is 6.17. The SMILES string of the molecule is Cl.O=C(CN1CCC2CNCC2C1)Nc1cccc(F)c1. The molecule has 2 N–H and O–H groups in total. The summed E-state index contributed by atoms with van der Waals surface area (Å²) in [6, 6.07) is 6.01. The number of amides is 1. The Balaban J connectivity index is 0.00000161. The Kier molecular flexibility index (Phi) is 5.56. The Bertz CT molecular complexity index is 500. The number of carbonyl (C=O) groups excluding carboxylic acids is 1. The molecule has 3 rings (SSSR count). The van der Waals surface area contributed by atoms with Crippen LogP contribution < -0.4 is 10.6 Å². The maximum Gasteiger partial charge on any atom is 0.238 e.